The summed E-state index contributed by atoms with van der Waals surface area (Å²) in [5.74, 6) is 0.250. The molecule has 0 spiro atoms. The van der Waals surface area contributed by atoms with E-state index in [1.54, 1.807) is 6.20 Å². The van der Waals surface area contributed by atoms with Crippen molar-refractivity contribution in [2.24, 2.45) is 0 Å². The van der Waals surface area contributed by atoms with E-state index in [-0.39, 0.29) is 30.6 Å². The molecule has 26 heavy (non-hydrogen) atoms. The fourth-order valence-corrected chi connectivity index (χ4v) is 2.33. The molecule has 2 aromatic heterocycles. The van der Waals surface area contributed by atoms with Crippen molar-refractivity contribution in [3.63, 3.8) is 0 Å². The zero-order chi connectivity index (χ0) is 18.5. The Labute approximate surface area is 149 Å². The van der Waals surface area contributed by atoms with Gasteiger partial charge in [-0.15, -0.1) is 0 Å². The smallest absolute Gasteiger partial charge is 0.276 e. The number of hydrogen-bond acceptors (Lipinski definition) is 6. The summed E-state index contributed by atoms with van der Waals surface area (Å²) in [5, 5.41) is 3.42. The number of hydrogen-bond donors (Lipinski definition) is 1. The molecule has 2 heterocycles. The Balaban J connectivity index is 1.62. The lowest BCUT2D eigenvalue weighted by Crippen LogP contribution is -2.37. The van der Waals surface area contributed by atoms with Crippen molar-refractivity contribution in [2.75, 3.05) is 20.6 Å². The van der Waals surface area contributed by atoms with Crippen LogP contribution in [0.3, 0.4) is 0 Å². The summed E-state index contributed by atoms with van der Waals surface area (Å²) in [6, 6.07) is 9.34. The average Bonchev–Trinajstić information content (AvgIpc) is 3.14. The predicted molar refractivity (Wildman–Crippen MR) is 93.6 cm³/mol. The van der Waals surface area contributed by atoms with Crippen LogP contribution in [0.25, 0.3) is 10.9 Å². The molecule has 0 unspecified atom stereocenters. The molecule has 3 rings (SSSR count). The fourth-order valence-electron chi connectivity index (χ4n) is 2.33. The van der Waals surface area contributed by atoms with Gasteiger partial charge < -0.3 is 19.4 Å². The van der Waals surface area contributed by atoms with E-state index in [2.05, 4.69) is 15.3 Å². The molecule has 134 valence electrons. The molecule has 3 aromatic rings. The van der Waals surface area contributed by atoms with Crippen molar-refractivity contribution >= 4 is 22.7 Å². The summed E-state index contributed by atoms with van der Waals surface area (Å²) < 4.78 is 10.9. The van der Waals surface area contributed by atoms with E-state index >= 15 is 0 Å². The third kappa shape index (κ3) is 3.97. The maximum atomic E-state index is 12.2. The molecule has 8 nitrogen and oxygen atoms in total. The van der Waals surface area contributed by atoms with Gasteiger partial charge in [-0.1, -0.05) is 6.07 Å². The molecule has 0 bridgehead atoms. The number of likely N-dealkylation sites (N-methyl/N-ethyl adjacent to an activating group) is 2. The fraction of sp³-hybridized carbons (Fsp3) is 0.222. The molecule has 8 heteroatoms. The molecule has 1 aromatic carbocycles. The minimum absolute atomic E-state index is 0.0564. The first-order chi connectivity index (χ1) is 12.6. The number of rotatable bonds is 6. The average molecular weight is 354 g/mol. The number of nitrogens with zero attached hydrogens (tertiary/aromatic N) is 3. The summed E-state index contributed by atoms with van der Waals surface area (Å²) in [6.45, 7) is 0.0252. The molecule has 0 aliphatic rings. The summed E-state index contributed by atoms with van der Waals surface area (Å²) in [7, 11) is 3.03. The molecular formula is C18H18N4O4. The molecule has 0 atom stereocenters. The number of carbonyl (C=O) groups is 2. The number of nitrogens with one attached hydrogen (secondary N) is 1. The van der Waals surface area contributed by atoms with E-state index in [0.29, 0.717) is 5.75 Å². The van der Waals surface area contributed by atoms with Crippen LogP contribution in [0.15, 0.2) is 47.2 Å². The van der Waals surface area contributed by atoms with Gasteiger partial charge in [-0.3, -0.25) is 14.6 Å². The first-order valence-electron chi connectivity index (χ1n) is 7.95. The van der Waals surface area contributed by atoms with E-state index in [1.807, 2.05) is 30.3 Å². The highest BCUT2D eigenvalue weighted by Crippen LogP contribution is 2.20. The van der Waals surface area contributed by atoms with Gasteiger partial charge in [0.2, 0.25) is 11.8 Å². The monoisotopic (exact) mass is 354 g/mol. The quantitative estimate of drug-likeness (QED) is 0.722. The molecule has 0 aliphatic carbocycles. The lowest BCUT2D eigenvalue weighted by molar-refractivity contribution is -0.121. The normalized spacial score (nSPS) is 10.5. The second kappa shape index (κ2) is 7.64. The minimum Gasteiger partial charge on any atom is -0.484 e. The van der Waals surface area contributed by atoms with Crippen LogP contribution in [0.2, 0.25) is 0 Å². The Morgan fingerprint density at radius 1 is 1.31 bits per heavy atom. The Morgan fingerprint density at radius 3 is 2.96 bits per heavy atom. The highest BCUT2D eigenvalue weighted by Gasteiger charge is 2.18. The largest absolute Gasteiger partial charge is 0.484 e. The zero-order valence-corrected chi connectivity index (χ0v) is 14.4. The lowest BCUT2D eigenvalue weighted by Gasteiger charge is -2.13. The first kappa shape index (κ1) is 17.4. The maximum absolute atomic E-state index is 12.2. The molecule has 0 aliphatic heterocycles. The van der Waals surface area contributed by atoms with E-state index in [0.717, 1.165) is 10.9 Å². The number of carbonyl (C=O) groups excluding carboxylic acids is 2. The lowest BCUT2D eigenvalue weighted by atomic mass is 10.2. The molecular weight excluding hydrogens is 336 g/mol. The maximum Gasteiger partial charge on any atom is 0.276 e. The second-order valence-electron chi connectivity index (χ2n) is 5.61. The van der Waals surface area contributed by atoms with Gasteiger partial charge in [-0.25, -0.2) is 4.98 Å². The highest BCUT2D eigenvalue weighted by molar-refractivity contribution is 5.94. The van der Waals surface area contributed by atoms with Gasteiger partial charge in [0.1, 0.15) is 12.0 Å². The summed E-state index contributed by atoms with van der Waals surface area (Å²) in [6.07, 6.45) is 2.99. The number of amides is 2. The van der Waals surface area contributed by atoms with E-state index in [4.69, 9.17) is 9.15 Å². The first-order valence-corrected chi connectivity index (χ1v) is 7.95. The van der Waals surface area contributed by atoms with Crippen molar-refractivity contribution in [2.45, 2.75) is 6.61 Å². The number of ether oxygens (including phenoxy) is 1. The Kier molecular flexibility index (Phi) is 5.12. The number of fused-ring (bicyclic) bond motifs is 1. The number of oxazole rings is 1. The second-order valence-corrected chi connectivity index (χ2v) is 5.61. The zero-order valence-electron chi connectivity index (χ0n) is 14.4. The third-order valence-corrected chi connectivity index (χ3v) is 3.71. The van der Waals surface area contributed by atoms with Gasteiger partial charge in [0, 0.05) is 25.7 Å². The van der Waals surface area contributed by atoms with Crippen molar-refractivity contribution in [1.29, 1.82) is 0 Å². The van der Waals surface area contributed by atoms with Crippen LogP contribution in [-0.2, 0) is 11.4 Å². The number of aromatic nitrogens is 2. The topological polar surface area (TPSA) is 97.6 Å². The summed E-state index contributed by atoms with van der Waals surface area (Å²) in [5.41, 5.74) is 1.00. The van der Waals surface area contributed by atoms with Crippen LogP contribution in [0.5, 0.6) is 5.75 Å². The summed E-state index contributed by atoms with van der Waals surface area (Å²) >= 11 is 0. The predicted octanol–water partition coefficient (Wildman–Crippen LogP) is 1.62. The van der Waals surface area contributed by atoms with Gasteiger partial charge in [0.25, 0.3) is 5.91 Å². The molecule has 1 N–H and O–H groups in total. The Hall–Kier alpha value is -3.42. The van der Waals surface area contributed by atoms with Crippen molar-refractivity contribution in [3.8, 4) is 5.75 Å². The van der Waals surface area contributed by atoms with E-state index < -0.39 is 5.91 Å². The number of pyridine rings is 1. The van der Waals surface area contributed by atoms with E-state index in [1.165, 1.54) is 25.3 Å². The molecule has 0 fully saturated rings. The van der Waals surface area contributed by atoms with Crippen LogP contribution in [-0.4, -0.2) is 47.3 Å². The summed E-state index contributed by atoms with van der Waals surface area (Å²) in [4.78, 5) is 33.2. The van der Waals surface area contributed by atoms with E-state index in [9.17, 15) is 9.59 Å². The van der Waals surface area contributed by atoms with Crippen LogP contribution < -0.4 is 10.1 Å². The highest BCUT2D eigenvalue weighted by atomic mass is 16.5. The van der Waals surface area contributed by atoms with Crippen molar-refractivity contribution in [3.05, 3.63) is 54.4 Å². The molecule has 0 saturated heterocycles. The van der Waals surface area contributed by atoms with Gasteiger partial charge in [-0.2, -0.15) is 0 Å². The van der Waals surface area contributed by atoms with Gasteiger partial charge in [0.15, 0.2) is 12.3 Å². The van der Waals surface area contributed by atoms with Gasteiger partial charge in [-0.05, 0) is 24.3 Å². The minimum atomic E-state index is -0.402. The van der Waals surface area contributed by atoms with Crippen LogP contribution in [0.1, 0.15) is 16.4 Å². The van der Waals surface area contributed by atoms with Crippen LogP contribution >= 0.6 is 0 Å². The van der Waals surface area contributed by atoms with Crippen molar-refractivity contribution in [1.82, 2.24) is 20.2 Å². The molecule has 0 saturated carbocycles. The van der Waals surface area contributed by atoms with Crippen molar-refractivity contribution < 1.29 is 18.7 Å². The SMILES string of the molecule is CNC(=O)CN(C)C(=O)c1coc(COc2ccc3ncccc3c2)n1. The molecule has 0 radical (unpaired) electrons. The number of benzene rings is 1. The van der Waals surface area contributed by atoms with Crippen LogP contribution in [0.4, 0.5) is 0 Å². The standard InChI is InChI=1S/C18H18N4O4/c1-19-16(23)9-22(2)18(24)15-10-26-17(21-15)11-25-13-5-6-14-12(8-13)4-3-7-20-14/h3-8,10H,9,11H2,1-2H3,(H,19,23). The van der Waals surface area contributed by atoms with Crippen LogP contribution in [0, 0.1) is 0 Å². The Bertz CT molecular complexity index is 938. The van der Waals surface area contributed by atoms with Gasteiger partial charge >= 0.3 is 0 Å². The third-order valence-electron chi connectivity index (χ3n) is 3.71. The van der Waals surface area contributed by atoms with Gasteiger partial charge in [0.05, 0.1) is 12.1 Å². The molecule has 2 amide bonds. The Morgan fingerprint density at radius 2 is 2.15 bits per heavy atom.